The summed E-state index contributed by atoms with van der Waals surface area (Å²) >= 11 is 4.73. The first-order valence-electron chi connectivity index (χ1n) is 4.70. The summed E-state index contributed by atoms with van der Waals surface area (Å²) < 4.78 is 9.81. The summed E-state index contributed by atoms with van der Waals surface area (Å²) in [7, 11) is 1.58. The fourth-order valence-electron chi connectivity index (χ4n) is 0.976. The number of amides is 1. The molecule has 6 heteroatoms. The normalized spacial score (nSPS) is 12.1. The third-order valence-corrected chi connectivity index (χ3v) is 1.75. The summed E-state index contributed by atoms with van der Waals surface area (Å²) in [4.78, 5) is 11.6. The zero-order valence-electron chi connectivity index (χ0n) is 9.12. The molecule has 0 fully saturated rings. The second kappa shape index (κ2) is 8.58. The average molecular weight is 234 g/mol. The first-order chi connectivity index (χ1) is 7.06. The lowest BCUT2D eigenvalue weighted by Crippen LogP contribution is -2.37. The Morgan fingerprint density at radius 1 is 1.53 bits per heavy atom. The fraction of sp³-hybridized carbons (Fsp3) is 0.778. The fourth-order valence-corrected chi connectivity index (χ4v) is 1.23. The number of nitrogens with one attached hydrogen (secondary N) is 1. The predicted molar refractivity (Wildman–Crippen MR) is 61.7 cm³/mol. The summed E-state index contributed by atoms with van der Waals surface area (Å²) in [5, 5.41) is 2.72. The van der Waals surface area contributed by atoms with E-state index in [9.17, 15) is 4.79 Å². The van der Waals surface area contributed by atoms with Gasteiger partial charge in [-0.1, -0.05) is 12.2 Å². The molecule has 0 rings (SSSR count). The van der Waals surface area contributed by atoms with Crippen LogP contribution in [0.2, 0.25) is 0 Å². The quantitative estimate of drug-likeness (QED) is 0.450. The molecule has 88 valence electrons. The van der Waals surface area contributed by atoms with E-state index in [0.717, 1.165) is 0 Å². The molecule has 0 aromatic heterocycles. The number of carbonyl (C=O) groups excluding carboxylic acids is 1. The molecule has 5 nitrogen and oxygen atoms in total. The molecular formula is C9H18N2O3S. The minimum Gasteiger partial charge on any atom is -0.393 e. The maximum Gasteiger partial charge on any atom is 0.246 e. The molecule has 1 atom stereocenters. The zero-order chi connectivity index (χ0) is 11.7. The Labute approximate surface area is 95.3 Å². The van der Waals surface area contributed by atoms with Gasteiger partial charge in [0.1, 0.15) is 6.61 Å². The van der Waals surface area contributed by atoms with E-state index in [-0.39, 0.29) is 18.6 Å². The van der Waals surface area contributed by atoms with Crippen molar-refractivity contribution < 1.29 is 14.3 Å². The Balaban J connectivity index is 3.51. The molecule has 0 aliphatic heterocycles. The maximum atomic E-state index is 11.2. The van der Waals surface area contributed by atoms with Gasteiger partial charge in [-0.2, -0.15) is 0 Å². The summed E-state index contributed by atoms with van der Waals surface area (Å²) in [5.41, 5.74) is 5.34. The number of rotatable bonds is 8. The highest BCUT2D eigenvalue weighted by molar-refractivity contribution is 7.80. The van der Waals surface area contributed by atoms with Crippen LogP contribution in [0.15, 0.2) is 0 Å². The Morgan fingerprint density at radius 3 is 2.73 bits per heavy atom. The molecule has 0 aromatic rings. The van der Waals surface area contributed by atoms with Gasteiger partial charge in [-0.15, -0.1) is 0 Å². The van der Waals surface area contributed by atoms with E-state index >= 15 is 0 Å². The van der Waals surface area contributed by atoms with E-state index < -0.39 is 0 Å². The van der Waals surface area contributed by atoms with E-state index in [1.165, 1.54) is 0 Å². The topological polar surface area (TPSA) is 73.6 Å². The first-order valence-corrected chi connectivity index (χ1v) is 5.11. The van der Waals surface area contributed by atoms with Gasteiger partial charge in [0.05, 0.1) is 18.2 Å². The highest BCUT2D eigenvalue weighted by Crippen LogP contribution is 1.90. The summed E-state index contributed by atoms with van der Waals surface area (Å²) in [5.74, 6) is -0.171. The lowest BCUT2D eigenvalue weighted by molar-refractivity contribution is -0.126. The van der Waals surface area contributed by atoms with Crippen LogP contribution in [0.4, 0.5) is 0 Å². The van der Waals surface area contributed by atoms with E-state index in [4.69, 9.17) is 27.4 Å². The Hall–Kier alpha value is -0.720. The molecule has 0 aliphatic carbocycles. The van der Waals surface area contributed by atoms with Crippen molar-refractivity contribution in [1.29, 1.82) is 0 Å². The van der Waals surface area contributed by atoms with Crippen LogP contribution < -0.4 is 11.1 Å². The second-order valence-electron chi connectivity index (χ2n) is 3.18. The Morgan fingerprint density at radius 2 is 2.20 bits per heavy atom. The van der Waals surface area contributed by atoms with E-state index in [0.29, 0.717) is 24.6 Å². The molecule has 1 amide bonds. The van der Waals surface area contributed by atoms with Crippen molar-refractivity contribution >= 4 is 23.1 Å². The van der Waals surface area contributed by atoms with Gasteiger partial charge in [-0.05, 0) is 6.92 Å². The predicted octanol–water partition coefficient (Wildman–Crippen LogP) is -0.170. The van der Waals surface area contributed by atoms with Gasteiger partial charge in [0.15, 0.2) is 0 Å². The van der Waals surface area contributed by atoms with Gasteiger partial charge in [0, 0.05) is 19.6 Å². The highest BCUT2D eigenvalue weighted by Gasteiger charge is 2.07. The maximum absolute atomic E-state index is 11.2. The van der Waals surface area contributed by atoms with Crippen LogP contribution in [-0.4, -0.2) is 43.9 Å². The molecule has 0 aliphatic rings. The molecule has 0 radical (unpaired) electrons. The number of nitrogens with two attached hydrogens (primary N) is 1. The lowest BCUT2D eigenvalue weighted by Gasteiger charge is -2.12. The van der Waals surface area contributed by atoms with E-state index in [1.807, 2.05) is 6.92 Å². The third kappa shape index (κ3) is 9.58. The molecule has 0 saturated carbocycles. The summed E-state index contributed by atoms with van der Waals surface area (Å²) in [6, 6.07) is -0.0546. The minimum absolute atomic E-state index is 0.0328. The molecule has 3 N–H and O–H groups in total. The number of carbonyl (C=O) groups is 1. The van der Waals surface area contributed by atoms with Gasteiger partial charge in [0.2, 0.25) is 5.91 Å². The molecular weight excluding hydrogens is 216 g/mol. The molecule has 0 heterocycles. The van der Waals surface area contributed by atoms with E-state index in [1.54, 1.807) is 7.11 Å². The zero-order valence-corrected chi connectivity index (χ0v) is 9.93. The monoisotopic (exact) mass is 234 g/mol. The van der Waals surface area contributed by atoms with Gasteiger partial charge in [-0.25, -0.2) is 0 Å². The van der Waals surface area contributed by atoms with Crippen molar-refractivity contribution in [3.8, 4) is 0 Å². The van der Waals surface area contributed by atoms with Crippen molar-refractivity contribution in [3.05, 3.63) is 0 Å². The number of hydrogen-bond acceptors (Lipinski definition) is 4. The molecule has 0 saturated heterocycles. The third-order valence-electron chi connectivity index (χ3n) is 1.58. The van der Waals surface area contributed by atoms with Crippen molar-refractivity contribution in [3.63, 3.8) is 0 Å². The van der Waals surface area contributed by atoms with Crippen molar-refractivity contribution in [2.24, 2.45) is 5.73 Å². The van der Waals surface area contributed by atoms with E-state index in [2.05, 4.69) is 5.32 Å². The van der Waals surface area contributed by atoms with Crippen LogP contribution in [-0.2, 0) is 14.3 Å². The summed E-state index contributed by atoms with van der Waals surface area (Å²) in [6.45, 7) is 2.76. The van der Waals surface area contributed by atoms with Gasteiger partial charge in [-0.3, -0.25) is 4.79 Å². The molecule has 0 aromatic carbocycles. The molecule has 1 unspecified atom stereocenters. The largest absolute Gasteiger partial charge is 0.393 e. The molecule has 0 bridgehead atoms. The summed E-state index contributed by atoms with van der Waals surface area (Å²) in [6.07, 6.45) is 0.499. The van der Waals surface area contributed by atoms with Crippen LogP contribution >= 0.6 is 12.2 Å². The number of hydrogen-bond donors (Lipinski definition) is 2. The van der Waals surface area contributed by atoms with Crippen molar-refractivity contribution in [2.75, 3.05) is 26.9 Å². The average Bonchev–Trinajstić information content (AvgIpc) is 2.10. The second-order valence-corrected chi connectivity index (χ2v) is 3.71. The number of methoxy groups -OCH3 is 1. The van der Waals surface area contributed by atoms with Crippen LogP contribution in [0.25, 0.3) is 0 Å². The van der Waals surface area contributed by atoms with Crippen molar-refractivity contribution in [1.82, 2.24) is 5.32 Å². The lowest BCUT2D eigenvalue weighted by atomic mass is 10.2. The smallest absolute Gasteiger partial charge is 0.246 e. The highest BCUT2D eigenvalue weighted by atomic mass is 32.1. The number of ether oxygens (including phenoxy) is 2. The molecule has 15 heavy (non-hydrogen) atoms. The van der Waals surface area contributed by atoms with Crippen LogP contribution in [0.5, 0.6) is 0 Å². The van der Waals surface area contributed by atoms with Crippen LogP contribution in [0.1, 0.15) is 13.3 Å². The van der Waals surface area contributed by atoms with Crippen LogP contribution in [0, 0.1) is 0 Å². The standard InChI is InChI=1S/C9H18N2O3S/c1-7(5-8(10)15)11-9(12)6-14-4-3-13-2/h7H,3-6H2,1-2H3,(H2,10,15)(H,11,12). The van der Waals surface area contributed by atoms with Crippen LogP contribution in [0.3, 0.4) is 0 Å². The van der Waals surface area contributed by atoms with Crippen molar-refractivity contribution in [2.45, 2.75) is 19.4 Å². The molecule has 0 spiro atoms. The SMILES string of the molecule is COCCOCC(=O)NC(C)CC(N)=S. The minimum atomic E-state index is -0.171. The Kier molecular flexibility index (Phi) is 8.17. The number of thiocarbonyl (C=S) groups is 1. The Bertz CT molecular complexity index is 212. The van der Waals surface area contributed by atoms with Gasteiger partial charge >= 0.3 is 0 Å². The van der Waals surface area contributed by atoms with Gasteiger partial charge < -0.3 is 20.5 Å². The first kappa shape index (κ1) is 14.3. The van der Waals surface area contributed by atoms with Gasteiger partial charge in [0.25, 0.3) is 0 Å².